The summed E-state index contributed by atoms with van der Waals surface area (Å²) in [6.07, 6.45) is 0. The number of methoxy groups -OCH3 is 1. The van der Waals surface area contributed by atoms with Gasteiger partial charge in [-0.25, -0.2) is 4.39 Å². The predicted molar refractivity (Wildman–Crippen MR) is 77.7 cm³/mol. The Labute approximate surface area is 122 Å². The molecule has 0 amide bonds. The summed E-state index contributed by atoms with van der Waals surface area (Å²) in [6.45, 7) is -0.0422. The number of para-hydroxylation sites is 2. The Morgan fingerprint density at radius 3 is 2.62 bits per heavy atom. The van der Waals surface area contributed by atoms with E-state index >= 15 is 0 Å². The maximum absolute atomic E-state index is 13.3. The lowest BCUT2D eigenvalue weighted by Gasteiger charge is -2.11. The number of aliphatic hydroxyl groups is 1. The van der Waals surface area contributed by atoms with Crippen LogP contribution in [-0.2, 0) is 6.61 Å². The SMILES string of the molecule is COc1ccccc1OCc1ccc(F)cc1C#CCO. The molecule has 0 aliphatic carbocycles. The van der Waals surface area contributed by atoms with Gasteiger partial charge in [-0.2, -0.15) is 0 Å². The second kappa shape index (κ2) is 7.32. The number of aliphatic hydroxyl groups excluding tert-OH is 1. The van der Waals surface area contributed by atoms with Gasteiger partial charge in [0, 0.05) is 11.1 Å². The molecular weight excluding hydrogens is 271 g/mol. The Kier molecular flexibility index (Phi) is 5.19. The second-order valence-electron chi connectivity index (χ2n) is 4.20. The first kappa shape index (κ1) is 14.9. The van der Waals surface area contributed by atoms with Gasteiger partial charge < -0.3 is 14.6 Å². The summed E-state index contributed by atoms with van der Waals surface area (Å²) in [6, 6.07) is 11.6. The molecule has 0 aliphatic heterocycles. The van der Waals surface area contributed by atoms with Crippen LogP contribution in [-0.4, -0.2) is 18.8 Å². The quantitative estimate of drug-likeness (QED) is 0.878. The standard InChI is InChI=1S/C17H15FO3/c1-20-16-6-2-3-7-17(16)21-12-14-8-9-15(18)11-13(14)5-4-10-19/h2-3,6-9,11,19H,10,12H2,1H3. The monoisotopic (exact) mass is 286 g/mol. The number of rotatable bonds is 4. The molecule has 3 nitrogen and oxygen atoms in total. The van der Waals surface area contributed by atoms with Gasteiger partial charge in [0.1, 0.15) is 19.0 Å². The first-order valence-corrected chi connectivity index (χ1v) is 6.38. The van der Waals surface area contributed by atoms with Crippen LogP contribution in [0.25, 0.3) is 0 Å². The zero-order valence-corrected chi connectivity index (χ0v) is 11.6. The van der Waals surface area contributed by atoms with Crippen LogP contribution in [0.3, 0.4) is 0 Å². The highest BCUT2D eigenvalue weighted by Crippen LogP contribution is 2.27. The van der Waals surface area contributed by atoms with Gasteiger partial charge in [0.05, 0.1) is 7.11 Å². The minimum absolute atomic E-state index is 0.232. The molecule has 0 aliphatic rings. The number of ether oxygens (including phenoxy) is 2. The van der Waals surface area contributed by atoms with Gasteiger partial charge in [0.2, 0.25) is 0 Å². The average Bonchev–Trinajstić information content (AvgIpc) is 2.52. The molecule has 0 aromatic heterocycles. The number of halogens is 1. The van der Waals surface area contributed by atoms with Crippen LogP contribution in [0.4, 0.5) is 4.39 Å². The van der Waals surface area contributed by atoms with E-state index in [0.29, 0.717) is 17.1 Å². The first-order valence-electron chi connectivity index (χ1n) is 6.38. The van der Waals surface area contributed by atoms with Crippen molar-refractivity contribution in [2.24, 2.45) is 0 Å². The summed E-state index contributed by atoms with van der Waals surface area (Å²) in [5.41, 5.74) is 1.24. The van der Waals surface area contributed by atoms with Crippen molar-refractivity contribution in [2.75, 3.05) is 13.7 Å². The lowest BCUT2D eigenvalue weighted by atomic mass is 10.1. The maximum atomic E-state index is 13.3. The molecule has 0 saturated carbocycles. The fourth-order valence-corrected chi connectivity index (χ4v) is 1.82. The van der Waals surface area contributed by atoms with Gasteiger partial charge in [-0.15, -0.1) is 0 Å². The lowest BCUT2D eigenvalue weighted by Crippen LogP contribution is -2.00. The molecular formula is C17H15FO3. The Hall–Kier alpha value is -2.51. The zero-order valence-electron chi connectivity index (χ0n) is 11.6. The fourth-order valence-electron chi connectivity index (χ4n) is 1.82. The normalized spacial score (nSPS) is 9.67. The number of hydrogen-bond acceptors (Lipinski definition) is 3. The van der Waals surface area contributed by atoms with E-state index in [2.05, 4.69) is 11.8 Å². The highest BCUT2D eigenvalue weighted by Gasteiger charge is 2.06. The molecule has 0 atom stereocenters. The van der Waals surface area contributed by atoms with E-state index in [1.807, 2.05) is 12.1 Å². The van der Waals surface area contributed by atoms with Crippen molar-refractivity contribution in [3.05, 3.63) is 59.4 Å². The molecule has 0 unspecified atom stereocenters. The molecule has 2 rings (SSSR count). The molecule has 4 heteroatoms. The first-order chi connectivity index (χ1) is 10.2. The van der Waals surface area contributed by atoms with Crippen LogP contribution < -0.4 is 9.47 Å². The minimum atomic E-state index is -0.377. The molecule has 0 fully saturated rings. The average molecular weight is 286 g/mol. The van der Waals surface area contributed by atoms with Crippen molar-refractivity contribution in [1.82, 2.24) is 0 Å². The van der Waals surface area contributed by atoms with E-state index in [9.17, 15) is 4.39 Å². The summed E-state index contributed by atoms with van der Waals surface area (Å²) < 4.78 is 24.2. The Bertz CT molecular complexity index is 671. The van der Waals surface area contributed by atoms with E-state index in [0.717, 1.165) is 5.56 Å². The van der Waals surface area contributed by atoms with E-state index in [-0.39, 0.29) is 19.0 Å². The maximum Gasteiger partial charge on any atom is 0.161 e. The van der Waals surface area contributed by atoms with Gasteiger partial charge in [0.15, 0.2) is 11.5 Å². The third-order valence-corrected chi connectivity index (χ3v) is 2.83. The second-order valence-corrected chi connectivity index (χ2v) is 4.20. The molecule has 0 heterocycles. The van der Waals surface area contributed by atoms with Crippen LogP contribution in [0, 0.1) is 17.7 Å². The Balaban J connectivity index is 2.20. The third kappa shape index (κ3) is 3.98. The third-order valence-electron chi connectivity index (χ3n) is 2.83. The largest absolute Gasteiger partial charge is 0.493 e. The van der Waals surface area contributed by atoms with Crippen LogP contribution in [0.15, 0.2) is 42.5 Å². The van der Waals surface area contributed by atoms with Crippen molar-refractivity contribution >= 4 is 0 Å². The van der Waals surface area contributed by atoms with Gasteiger partial charge in [-0.05, 0) is 24.3 Å². The predicted octanol–water partition coefficient (Wildman–Crippen LogP) is 2.76. The minimum Gasteiger partial charge on any atom is -0.493 e. The summed E-state index contributed by atoms with van der Waals surface area (Å²) >= 11 is 0. The molecule has 0 bridgehead atoms. The smallest absolute Gasteiger partial charge is 0.161 e. The van der Waals surface area contributed by atoms with Crippen LogP contribution in [0.5, 0.6) is 11.5 Å². The van der Waals surface area contributed by atoms with Gasteiger partial charge in [-0.1, -0.05) is 30.0 Å². The summed E-state index contributed by atoms with van der Waals surface area (Å²) in [5.74, 6) is 6.08. The molecule has 0 saturated heterocycles. The van der Waals surface area contributed by atoms with Crippen LogP contribution >= 0.6 is 0 Å². The van der Waals surface area contributed by atoms with Gasteiger partial charge in [-0.3, -0.25) is 0 Å². The molecule has 2 aromatic carbocycles. The summed E-state index contributed by atoms with van der Waals surface area (Å²) in [7, 11) is 1.57. The van der Waals surface area contributed by atoms with E-state index in [1.165, 1.54) is 12.1 Å². The van der Waals surface area contributed by atoms with Crippen molar-refractivity contribution < 1.29 is 19.0 Å². The van der Waals surface area contributed by atoms with Crippen LogP contribution in [0.2, 0.25) is 0 Å². The molecule has 108 valence electrons. The molecule has 1 N–H and O–H groups in total. The van der Waals surface area contributed by atoms with E-state index in [1.54, 1.807) is 25.3 Å². The number of hydrogen-bond donors (Lipinski definition) is 1. The Morgan fingerprint density at radius 1 is 1.14 bits per heavy atom. The molecule has 2 aromatic rings. The lowest BCUT2D eigenvalue weighted by molar-refractivity contribution is 0.284. The van der Waals surface area contributed by atoms with E-state index in [4.69, 9.17) is 14.6 Å². The molecule has 21 heavy (non-hydrogen) atoms. The van der Waals surface area contributed by atoms with Crippen molar-refractivity contribution in [1.29, 1.82) is 0 Å². The van der Waals surface area contributed by atoms with E-state index < -0.39 is 0 Å². The molecule has 0 radical (unpaired) electrons. The molecule has 0 spiro atoms. The van der Waals surface area contributed by atoms with Crippen molar-refractivity contribution in [2.45, 2.75) is 6.61 Å². The van der Waals surface area contributed by atoms with Gasteiger partial charge in [0.25, 0.3) is 0 Å². The fraction of sp³-hybridized carbons (Fsp3) is 0.176. The topological polar surface area (TPSA) is 38.7 Å². The highest BCUT2D eigenvalue weighted by atomic mass is 19.1. The van der Waals surface area contributed by atoms with Crippen LogP contribution in [0.1, 0.15) is 11.1 Å². The highest BCUT2D eigenvalue weighted by molar-refractivity contribution is 5.43. The zero-order chi connectivity index (χ0) is 15.1. The van der Waals surface area contributed by atoms with Crippen molar-refractivity contribution in [3.63, 3.8) is 0 Å². The van der Waals surface area contributed by atoms with Crippen molar-refractivity contribution in [3.8, 4) is 23.3 Å². The Morgan fingerprint density at radius 2 is 1.90 bits per heavy atom. The summed E-state index contributed by atoms with van der Waals surface area (Å²) in [5, 5.41) is 8.75. The van der Waals surface area contributed by atoms with Gasteiger partial charge >= 0.3 is 0 Å². The number of benzene rings is 2. The summed E-state index contributed by atoms with van der Waals surface area (Å²) in [4.78, 5) is 0.